The molecule has 1 aliphatic rings. The molecule has 4 nitrogen and oxygen atoms in total. The summed E-state index contributed by atoms with van der Waals surface area (Å²) < 4.78 is 39.1. The highest BCUT2D eigenvalue weighted by atomic mass is 19.4. The van der Waals surface area contributed by atoms with Gasteiger partial charge in [0.1, 0.15) is 0 Å². The van der Waals surface area contributed by atoms with Crippen LogP contribution in [0.2, 0.25) is 0 Å². The van der Waals surface area contributed by atoms with E-state index in [0.29, 0.717) is 0 Å². The highest BCUT2D eigenvalue weighted by molar-refractivity contribution is 5.78. The molecule has 1 amide bonds. The first-order chi connectivity index (χ1) is 11.8. The third-order valence-corrected chi connectivity index (χ3v) is 4.58. The molecule has 25 heavy (non-hydrogen) atoms. The molecule has 1 heterocycles. The topological polar surface area (TPSA) is 35.6 Å². The van der Waals surface area contributed by atoms with E-state index in [4.69, 9.17) is 0 Å². The zero-order chi connectivity index (χ0) is 18.4. The second-order valence-corrected chi connectivity index (χ2v) is 6.60. The molecular weight excluding hydrogens is 331 g/mol. The number of carbonyl (C=O) groups excluding carboxylic acids is 1. The van der Waals surface area contributed by atoms with E-state index >= 15 is 0 Å². The fourth-order valence-electron chi connectivity index (χ4n) is 3.19. The van der Waals surface area contributed by atoms with E-state index in [1.807, 2.05) is 0 Å². The molecule has 0 spiro atoms. The predicted molar refractivity (Wildman–Crippen MR) is 91.1 cm³/mol. The lowest BCUT2D eigenvalue weighted by atomic mass is 10.1. The number of amides is 1. The summed E-state index contributed by atoms with van der Waals surface area (Å²) in [5.41, 5.74) is -0.462. The Labute approximate surface area is 147 Å². The summed E-state index contributed by atoms with van der Waals surface area (Å²) in [5, 5.41) is 3.00. The van der Waals surface area contributed by atoms with Crippen molar-refractivity contribution in [1.29, 1.82) is 0 Å². The molecule has 0 aromatic heterocycles. The third kappa shape index (κ3) is 6.01. The molecule has 1 N–H and O–H groups in total. The average molecular weight is 357 g/mol. The molecule has 2 rings (SSSR count). The summed E-state index contributed by atoms with van der Waals surface area (Å²) in [7, 11) is 1.66. The number of benzene rings is 1. The summed E-state index contributed by atoms with van der Waals surface area (Å²) >= 11 is 0. The van der Waals surface area contributed by atoms with Crippen LogP contribution in [-0.4, -0.2) is 55.0 Å². The van der Waals surface area contributed by atoms with Crippen molar-refractivity contribution >= 4 is 5.91 Å². The normalized spacial score (nSPS) is 17.0. The van der Waals surface area contributed by atoms with Crippen molar-refractivity contribution in [3.05, 3.63) is 35.4 Å². The fraction of sp³-hybridized carbons (Fsp3) is 0.611. The number of halogens is 3. The third-order valence-electron chi connectivity index (χ3n) is 4.58. The van der Waals surface area contributed by atoms with E-state index in [-0.39, 0.29) is 30.6 Å². The smallest absolute Gasteiger partial charge is 0.352 e. The first-order valence-corrected chi connectivity index (χ1v) is 8.65. The van der Waals surface area contributed by atoms with E-state index < -0.39 is 11.7 Å². The van der Waals surface area contributed by atoms with Crippen LogP contribution >= 0.6 is 0 Å². The van der Waals surface area contributed by atoms with Gasteiger partial charge < -0.3 is 10.2 Å². The number of carbonyl (C=O) groups is 1. The van der Waals surface area contributed by atoms with Gasteiger partial charge in [-0.25, -0.2) is 0 Å². The number of nitrogens with zero attached hydrogens (tertiary/aromatic N) is 2. The summed E-state index contributed by atoms with van der Waals surface area (Å²) in [6, 6.07) is 5.65. The number of likely N-dealkylation sites (N-methyl/N-ethyl adjacent to an activating group) is 1. The van der Waals surface area contributed by atoms with E-state index in [1.165, 1.54) is 12.1 Å². The SMILES string of the molecule is CCN1CCC(NC(=O)CN(C)Cc2ccccc2C(F)(F)F)CC1. The van der Waals surface area contributed by atoms with Crippen LogP contribution in [0.3, 0.4) is 0 Å². The van der Waals surface area contributed by atoms with Crippen LogP contribution < -0.4 is 5.32 Å². The van der Waals surface area contributed by atoms with E-state index in [9.17, 15) is 18.0 Å². The molecule has 0 saturated carbocycles. The minimum atomic E-state index is -4.38. The number of likely N-dealkylation sites (tertiary alicyclic amines) is 1. The molecular formula is C18H26F3N3O. The van der Waals surface area contributed by atoms with Gasteiger partial charge in [0, 0.05) is 25.7 Å². The lowest BCUT2D eigenvalue weighted by Crippen LogP contribution is -2.46. The molecule has 0 aliphatic carbocycles. The van der Waals surface area contributed by atoms with Gasteiger partial charge in [0.05, 0.1) is 12.1 Å². The molecule has 140 valence electrons. The molecule has 1 aromatic rings. The van der Waals surface area contributed by atoms with Gasteiger partial charge >= 0.3 is 6.18 Å². The van der Waals surface area contributed by atoms with E-state index in [1.54, 1.807) is 18.0 Å². The summed E-state index contributed by atoms with van der Waals surface area (Å²) in [6.07, 6.45) is -2.55. The fourth-order valence-corrected chi connectivity index (χ4v) is 3.19. The maximum atomic E-state index is 13.0. The number of piperidine rings is 1. The van der Waals surface area contributed by atoms with Crippen molar-refractivity contribution in [2.24, 2.45) is 0 Å². The monoisotopic (exact) mass is 357 g/mol. The number of alkyl halides is 3. The van der Waals surface area contributed by atoms with Crippen molar-refractivity contribution in [3.8, 4) is 0 Å². The van der Waals surface area contributed by atoms with Crippen LogP contribution in [0, 0.1) is 0 Å². The van der Waals surface area contributed by atoms with Gasteiger partial charge in [0.15, 0.2) is 0 Å². The van der Waals surface area contributed by atoms with Gasteiger partial charge in [-0.3, -0.25) is 9.69 Å². The van der Waals surface area contributed by atoms with Crippen molar-refractivity contribution in [2.75, 3.05) is 33.2 Å². The largest absolute Gasteiger partial charge is 0.416 e. The van der Waals surface area contributed by atoms with Crippen molar-refractivity contribution in [1.82, 2.24) is 15.1 Å². The molecule has 0 unspecified atom stereocenters. The molecule has 1 aliphatic heterocycles. The Balaban J connectivity index is 1.84. The van der Waals surface area contributed by atoms with Gasteiger partial charge in [-0.15, -0.1) is 0 Å². The highest BCUT2D eigenvalue weighted by Gasteiger charge is 2.33. The van der Waals surface area contributed by atoms with Crippen molar-refractivity contribution < 1.29 is 18.0 Å². The van der Waals surface area contributed by atoms with E-state index in [2.05, 4.69) is 17.1 Å². The Bertz CT molecular complexity index is 569. The van der Waals surface area contributed by atoms with Crippen LogP contribution in [0.25, 0.3) is 0 Å². The van der Waals surface area contributed by atoms with Gasteiger partial charge in [0.2, 0.25) is 5.91 Å². The molecule has 1 saturated heterocycles. The van der Waals surface area contributed by atoms with Crippen LogP contribution in [-0.2, 0) is 17.5 Å². The minimum Gasteiger partial charge on any atom is -0.352 e. The Morgan fingerprint density at radius 1 is 1.28 bits per heavy atom. The quantitative estimate of drug-likeness (QED) is 0.850. The molecule has 0 bridgehead atoms. The zero-order valence-corrected chi connectivity index (χ0v) is 14.8. The second kappa shape index (κ2) is 8.67. The van der Waals surface area contributed by atoms with Gasteiger partial charge in [0.25, 0.3) is 0 Å². The van der Waals surface area contributed by atoms with Crippen LogP contribution in [0.5, 0.6) is 0 Å². The van der Waals surface area contributed by atoms with E-state index in [0.717, 1.165) is 38.5 Å². The summed E-state index contributed by atoms with van der Waals surface area (Å²) in [6.45, 7) is 5.23. The van der Waals surface area contributed by atoms with Crippen LogP contribution in [0.4, 0.5) is 13.2 Å². The Hall–Kier alpha value is -1.60. The van der Waals surface area contributed by atoms with Gasteiger partial charge in [-0.1, -0.05) is 25.1 Å². The van der Waals surface area contributed by atoms with Crippen LogP contribution in [0.15, 0.2) is 24.3 Å². The first kappa shape index (κ1) is 19.7. The molecule has 7 heteroatoms. The molecule has 0 radical (unpaired) electrons. The Morgan fingerprint density at radius 2 is 1.92 bits per heavy atom. The zero-order valence-electron chi connectivity index (χ0n) is 14.8. The summed E-state index contributed by atoms with van der Waals surface area (Å²) in [5.74, 6) is -0.137. The average Bonchev–Trinajstić information content (AvgIpc) is 2.54. The second-order valence-electron chi connectivity index (χ2n) is 6.60. The van der Waals surface area contributed by atoms with Crippen LogP contribution in [0.1, 0.15) is 30.9 Å². The Morgan fingerprint density at radius 3 is 2.52 bits per heavy atom. The minimum absolute atomic E-state index is 0.0807. The standard InChI is InChI=1S/C18H26F3N3O/c1-3-24-10-8-15(9-11-24)22-17(25)13-23(2)12-14-6-4-5-7-16(14)18(19,20)21/h4-7,15H,3,8-13H2,1-2H3,(H,22,25). The van der Waals surface area contributed by atoms with Gasteiger partial charge in [-0.2, -0.15) is 13.2 Å². The lowest BCUT2D eigenvalue weighted by molar-refractivity contribution is -0.138. The van der Waals surface area contributed by atoms with Gasteiger partial charge in [-0.05, 0) is 38.1 Å². The Kier molecular flexibility index (Phi) is 6.84. The molecule has 1 aromatic carbocycles. The lowest BCUT2D eigenvalue weighted by Gasteiger charge is -2.31. The maximum Gasteiger partial charge on any atom is 0.416 e. The maximum absolute atomic E-state index is 13.0. The van der Waals surface area contributed by atoms with Crippen molar-refractivity contribution in [2.45, 2.75) is 38.5 Å². The highest BCUT2D eigenvalue weighted by Crippen LogP contribution is 2.32. The number of hydrogen-bond acceptors (Lipinski definition) is 3. The first-order valence-electron chi connectivity index (χ1n) is 8.65. The number of hydrogen-bond donors (Lipinski definition) is 1. The molecule has 1 fully saturated rings. The molecule has 0 atom stereocenters. The predicted octanol–water partition coefficient (Wildman–Crippen LogP) is 2.74. The number of rotatable bonds is 6. The summed E-state index contributed by atoms with van der Waals surface area (Å²) in [4.78, 5) is 16.1. The number of nitrogens with one attached hydrogen (secondary N) is 1. The van der Waals surface area contributed by atoms with Crippen molar-refractivity contribution in [3.63, 3.8) is 0 Å².